The summed E-state index contributed by atoms with van der Waals surface area (Å²) in [6.45, 7) is 7.19. The van der Waals surface area contributed by atoms with E-state index in [2.05, 4.69) is 10.6 Å². The number of aliphatic carboxylic acids is 1. The number of rotatable bonds is 3. The molecule has 1 fully saturated rings. The van der Waals surface area contributed by atoms with Crippen LogP contribution in [0.4, 0.5) is 4.79 Å². The minimum Gasteiger partial charge on any atom is -0.481 e. The quantitative estimate of drug-likeness (QED) is 0.673. The molecule has 108 valence electrons. The van der Waals surface area contributed by atoms with Crippen LogP contribution in [0.3, 0.4) is 0 Å². The number of carboxylic acid groups (broad SMARTS) is 1. The predicted molar refractivity (Wildman–Crippen MR) is 68.6 cm³/mol. The molecule has 0 spiro atoms. The number of nitrogens with zero attached hydrogens (tertiary/aromatic N) is 1. The number of carbonyl (C=O) groups is 3. The Labute approximate surface area is 112 Å². The lowest BCUT2D eigenvalue weighted by Gasteiger charge is -2.41. The monoisotopic (exact) mass is 271 g/mol. The molecule has 0 saturated carbocycles. The Morgan fingerprint density at radius 3 is 2.58 bits per heavy atom. The SMILES string of the molecule is CC(C)(CNC(=O)N1CCNC(=O)C1(C)C)C(=O)O. The molecule has 3 amide bonds. The predicted octanol–water partition coefficient (Wildman–Crippen LogP) is 0.0172. The van der Waals surface area contributed by atoms with Crippen LogP contribution in [0.15, 0.2) is 0 Å². The molecule has 19 heavy (non-hydrogen) atoms. The van der Waals surface area contributed by atoms with E-state index in [1.165, 1.54) is 18.7 Å². The molecule has 0 aromatic heterocycles. The zero-order chi connectivity index (χ0) is 14.8. The number of amides is 3. The Hall–Kier alpha value is -1.79. The Bertz CT molecular complexity index is 404. The molecular formula is C12H21N3O4. The second kappa shape index (κ2) is 5.07. The highest BCUT2D eigenvalue weighted by molar-refractivity contribution is 5.91. The highest BCUT2D eigenvalue weighted by atomic mass is 16.4. The van der Waals surface area contributed by atoms with Crippen LogP contribution < -0.4 is 10.6 Å². The first-order valence-corrected chi connectivity index (χ1v) is 6.16. The van der Waals surface area contributed by atoms with Crippen molar-refractivity contribution < 1.29 is 19.5 Å². The molecule has 0 atom stereocenters. The Morgan fingerprint density at radius 1 is 1.47 bits per heavy atom. The highest BCUT2D eigenvalue weighted by Gasteiger charge is 2.41. The average molecular weight is 271 g/mol. The zero-order valence-electron chi connectivity index (χ0n) is 11.7. The van der Waals surface area contributed by atoms with Gasteiger partial charge in [0.2, 0.25) is 5.91 Å². The Morgan fingerprint density at radius 2 is 2.05 bits per heavy atom. The van der Waals surface area contributed by atoms with E-state index >= 15 is 0 Å². The van der Waals surface area contributed by atoms with Crippen molar-refractivity contribution in [1.82, 2.24) is 15.5 Å². The summed E-state index contributed by atoms with van der Waals surface area (Å²) < 4.78 is 0. The van der Waals surface area contributed by atoms with Crippen LogP contribution in [0.25, 0.3) is 0 Å². The van der Waals surface area contributed by atoms with E-state index in [0.717, 1.165) is 0 Å². The van der Waals surface area contributed by atoms with E-state index in [4.69, 9.17) is 5.11 Å². The number of hydrogen-bond acceptors (Lipinski definition) is 3. The molecule has 1 heterocycles. The number of carbonyl (C=O) groups excluding carboxylic acids is 2. The maximum absolute atomic E-state index is 12.1. The minimum absolute atomic E-state index is 0.00929. The number of hydrogen-bond donors (Lipinski definition) is 3. The van der Waals surface area contributed by atoms with Gasteiger partial charge in [-0.25, -0.2) is 4.79 Å². The van der Waals surface area contributed by atoms with Gasteiger partial charge in [-0.1, -0.05) is 0 Å². The van der Waals surface area contributed by atoms with Gasteiger partial charge in [-0.15, -0.1) is 0 Å². The summed E-state index contributed by atoms with van der Waals surface area (Å²) >= 11 is 0. The molecule has 1 rings (SSSR count). The first-order chi connectivity index (χ1) is 8.59. The summed E-state index contributed by atoms with van der Waals surface area (Å²) in [6, 6.07) is -0.422. The maximum atomic E-state index is 12.1. The van der Waals surface area contributed by atoms with E-state index in [1.807, 2.05) is 0 Å². The number of carboxylic acids is 1. The van der Waals surface area contributed by atoms with Crippen LogP contribution in [0, 0.1) is 5.41 Å². The lowest BCUT2D eigenvalue weighted by atomic mass is 9.94. The largest absolute Gasteiger partial charge is 0.481 e. The number of urea groups is 1. The van der Waals surface area contributed by atoms with Gasteiger partial charge in [0, 0.05) is 19.6 Å². The fourth-order valence-corrected chi connectivity index (χ4v) is 1.72. The van der Waals surface area contributed by atoms with Crippen molar-refractivity contribution >= 4 is 17.9 Å². The topological polar surface area (TPSA) is 98.7 Å². The molecule has 0 aromatic carbocycles. The summed E-state index contributed by atoms with van der Waals surface area (Å²) in [6.07, 6.45) is 0. The van der Waals surface area contributed by atoms with E-state index in [1.54, 1.807) is 13.8 Å². The lowest BCUT2D eigenvalue weighted by molar-refractivity contribution is -0.146. The van der Waals surface area contributed by atoms with Crippen LogP contribution >= 0.6 is 0 Å². The van der Waals surface area contributed by atoms with Crippen LogP contribution in [-0.2, 0) is 9.59 Å². The summed E-state index contributed by atoms with van der Waals surface area (Å²) in [7, 11) is 0. The van der Waals surface area contributed by atoms with Gasteiger partial charge in [0.05, 0.1) is 5.41 Å². The van der Waals surface area contributed by atoms with Gasteiger partial charge in [-0.2, -0.15) is 0 Å². The second-order valence-corrected chi connectivity index (χ2v) is 5.81. The lowest BCUT2D eigenvalue weighted by Crippen LogP contribution is -2.65. The first-order valence-electron chi connectivity index (χ1n) is 6.16. The van der Waals surface area contributed by atoms with Gasteiger partial charge < -0.3 is 20.6 Å². The van der Waals surface area contributed by atoms with Crippen molar-refractivity contribution in [2.45, 2.75) is 33.2 Å². The van der Waals surface area contributed by atoms with Gasteiger partial charge >= 0.3 is 12.0 Å². The highest BCUT2D eigenvalue weighted by Crippen LogP contribution is 2.18. The maximum Gasteiger partial charge on any atom is 0.318 e. The van der Waals surface area contributed by atoms with Crippen LogP contribution in [0.5, 0.6) is 0 Å². The smallest absolute Gasteiger partial charge is 0.318 e. The first kappa shape index (κ1) is 15.3. The molecule has 0 aliphatic carbocycles. The molecule has 0 radical (unpaired) electrons. The van der Waals surface area contributed by atoms with Crippen molar-refractivity contribution in [3.63, 3.8) is 0 Å². The molecule has 0 bridgehead atoms. The van der Waals surface area contributed by atoms with Crippen LogP contribution in [-0.4, -0.2) is 53.1 Å². The van der Waals surface area contributed by atoms with Crippen LogP contribution in [0.2, 0.25) is 0 Å². The van der Waals surface area contributed by atoms with Crippen molar-refractivity contribution in [2.75, 3.05) is 19.6 Å². The summed E-state index contributed by atoms with van der Waals surface area (Å²) in [5.74, 6) is -1.20. The molecule has 1 aliphatic rings. The van der Waals surface area contributed by atoms with Crippen LogP contribution in [0.1, 0.15) is 27.7 Å². The fourth-order valence-electron chi connectivity index (χ4n) is 1.72. The van der Waals surface area contributed by atoms with E-state index in [9.17, 15) is 14.4 Å². The summed E-state index contributed by atoms with van der Waals surface area (Å²) in [5.41, 5.74) is -1.98. The van der Waals surface area contributed by atoms with Gasteiger partial charge in [0.1, 0.15) is 5.54 Å². The number of nitrogens with one attached hydrogen (secondary N) is 2. The second-order valence-electron chi connectivity index (χ2n) is 5.81. The average Bonchev–Trinajstić information content (AvgIpc) is 2.29. The third-order valence-electron chi connectivity index (χ3n) is 3.36. The molecule has 3 N–H and O–H groups in total. The third kappa shape index (κ3) is 3.15. The summed E-state index contributed by atoms with van der Waals surface area (Å²) in [5, 5.41) is 14.2. The molecule has 0 aromatic rings. The van der Waals surface area contributed by atoms with Gasteiger partial charge in [-0.3, -0.25) is 9.59 Å². The molecule has 7 heteroatoms. The van der Waals surface area contributed by atoms with Crippen molar-refractivity contribution in [1.29, 1.82) is 0 Å². The fraction of sp³-hybridized carbons (Fsp3) is 0.750. The van der Waals surface area contributed by atoms with Gasteiger partial charge in [0.25, 0.3) is 0 Å². The Kier molecular flexibility index (Phi) is 4.07. The van der Waals surface area contributed by atoms with Gasteiger partial charge in [0.15, 0.2) is 0 Å². The van der Waals surface area contributed by atoms with Crippen molar-refractivity contribution in [2.24, 2.45) is 5.41 Å². The molecule has 1 aliphatic heterocycles. The molecular weight excluding hydrogens is 250 g/mol. The normalized spacial score (nSPS) is 18.7. The zero-order valence-corrected chi connectivity index (χ0v) is 11.7. The van der Waals surface area contributed by atoms with E-state index < -0.39 is 23.0 Å². The van der Waals surface area contributed by atoms with E-state index in [-0.39, 0.29) is 12.5 Å². The Balaban J connectivity index is 2.68. The molecule has 7 nitrogen and oxygen atoms in total. The summed E-state index contributed by atoms with van der Waals surface area (Å²) in [4.78, 5) is 36.2. The van der Waals surface area contributed by atoms with Crippen molar-refractivity contribution in [3.05, 3.63) is 0 Å². The standard InChI is InChI=1S/C12H21N3O4/c1-11(2,9(17)18)7-14-10(19)15-6-5-13-8(16)12(15,3)4/h5-7H2,1-4H3,(H,13,16)(H,14,19)(H,17,18). The van der Waals surface area contributed by atoms with Gasteiger partial charge in [-0.05, 0) is 27.7 Å². The molecule has 0 unspecified atom stereocenters. The number of piperazine rings is 1. The third-order valence-corrected chi connectivity index (χ3v) is 3.36. The van der Waals surface area contributed by atoms with E-state index in [0.29, 0.717) is 13.1 Å². The molecule has 1 saturated heterocycles. The van der Waals surface area contributed by atoms with Crippen molar-refractivity contribution in [3.8, 4) is 0 Å². The minimum atomic E-state index is -1.04.